The summed E-state index contributed by atoms with van der Waals surface area (Å²) < 4.78 is 46.2. The maximum atomic E-state index is 13.7. The first kappa shape index (κ1) is 37.6. The third-order valence-electron chi connectivity index (χ3n) is 7.59. The number of amides is 3. The van der Waals surface area contributed by atoms with Crippen molar-refractivity contribution in [2.24, 2.45) is 11.5 Å². The number of aromatic nitrogens is 3. The predicted molar refractivity (Wildman–Crippen MR) is 185 cm³/mol. The summed E-state index contributed by atoms with van der Waals surface area (Å²) in [5.74, 6) is -2.41. The summed E-state index contributed by atoms with van der Waals surface area (Å²) >= 11 is 6.04. The van der Waals surface area contributed by atoms with E-state index in [4.69, 9.17) is 33.2 Å². The van der Waals surface area contributed by atoms with Gasteiger partial charge in [-0.05, 0) is 67.6 Å². The lowest BCUT2D eigenvalue weighted by molar-refractivity contribution is -0.187. The molecular weight excluding hydrogens is 680 g/mol. The number of alkyl halides is 3. The summed E-state index contributed by atoms with van der Waals surface area (Å²) in [7, 11) is 1.71. The predicted octanol–water partition coefficient (Wildman–Crippen LogP) is 0.194. The van der Waals surface area contributed by atoms with E-state index in [1.807, 2.05) is 12.1 Å². The molecule has 264 valence electrons. The summed E-state index contributed by atoms with van der Waals surface area (Å²) in [6.07, 6.45) is -2.81. The lowest BCUT2D eigenvalue weighted by atomic mass is 9.64. The number of anilines is 3. The first-order valence-corrected chi connectivity index (χ1v) is 15.7. The van der Waals surface area contributed by atoms with Gasteiger partial charge in [-0.25, -0.2) is 0 Å². The summed E-state index contributed by atoms with van der Waals surface area (Å²) in [6, 6.07) is 11.4. The molecule has 1 saturated carbocycles. The standard InChI is InChI=1S/C29H35B2ClF3N11O4/c30-28(31,29(33,34)35)50-26-44-24(43-25(45-26)46-27(11-12-27)16-5-7-17(32)8-6-16)41-18-9-3-15(4-10-18)21(48)42-19(2-1-13-39-23(37)38)22(49)40-14-20(36)47/h3-10,19H,1-2,11-14,30-31H2,(H2,36,47)(H,40,49)(H,42,48)(H4,37,38,39)(H2,41,43,44,45,46)/t19-/m0/s1. The van der Waals surface area contributed by atoms with Crippen LogP contribution in [0, 0.1) is 5.41 Å². The van der Waals surface area contributed by atoms with Gasteiger partial charge in [-0.2, -0.15) is 28.1 Å². The zero-order chi connectivity index (χ0) is 36.7. The number of carbonyl (C=O) groups is 3. The molecule has 0 radical (unpaired) electrons. The molecule has 10 N–H and O–H groups in total. The van der Waals surface area contributed by atoms with Crippen molar-refractivity contribution in [2.45, 2.75) is 48.8 Å². The Balaban J connectivity index is 1.51. The van der Waals surface area contributed by atoms with E-state index in [9.17, 15) is 27.6 Å². The van der Waals surface area contributed by atoms with E-state index in [1.54, 1.807) is 12.1 Å². The molecule has 1 aliphatic rings. The quantitative estimate of drug-likeness (QED) is 0.0432. The number of benzene rings is 2. The highest BCUT2D eigenvalue weighted by Gasteiger charge is 2.50. The molecule has 4 rings (SSSR count). The molecule has 3 amide bonds. The van der Waals surface area contributed by atoms with Crippen molar-refractivity contribution >= 4 is 68.6 Å². The average Bonchev–Trinajstić information content (AvgIpc) is 3.81. The van der Waals surface area contributed by atoms with Gasteiger partial charge in [0.15, 0.2) is 21.7 Å². The lowest BCUT2D eigenvalue weighted by Gasteiger charge is -2.28. The zero-order valence-corrected chi connectivity index (χ0v) is 27.8. The highest BCUT2D eigenvalue weighted by atomic mass is 35.5. The molecule has 2 aromatic carbocycles. The smallest absolute Gasteiger partial charge is 0.411 e. The van der Waals surface area contributed by atoms with E-state index in [0.717, 1.165) is 21.3 Å². The molecule has 0 saturated heterocycles. The Labute approximate surface area is 291 Å². The molecule has 1 aromatic heterocycles. The minimum absolute atomic E-state index is 0.0296. The highest BCUT2D eigenvalue weighted by Crippen LogP contribution is 2.48. The average molecular weight is 716 g/mol. The molecule has 50 heavy (non-hydrogen) atoms. The first-order valence-electron chi connectivity index (χ1n) is 15.3. The molecular formula is C29H35B2ClF3N11O4. The third-order valence-corrected chi connectivity index (χ3v) is 7.84. The maximum absolute atomic E-state index is 13.7. The van der Waals surface area contributed by atoms with Crippen LogP contribution in [0.25, 0.3) is 0 Å². The van der Waals surface area contributed by atoms with Crippen molar-refractivity contribution in [3.05, 3.63) is 64.7 Å². The van der Waals surface area contributed by atoms with Gasteiger partial charge < -0.3 is 42.8 Å². The van der Waals surface area contributed by atoms with Gasteiger partial charge in [-0.1, -0.05) is 23.7 Å². The molecule has 15 nitrogen and oxygen atoms in total. The number of ether oxygens (including phenoxy) is 1. The van der Waals surface area contributed by atoms with Crippen molar-refractivity contribution in [3.63, 3.8) is 0 Å². The number of halogens is 4. The van der Waals surface area contributed by atoms with Crippen LogP contribution in [0.1, 0.15) is 41.6 Å². The van der Waals surface area contributed by atoms with Crippen LogP contribution in [-0.2, 0) is 15.1 Å². The van der Waals surface area contributed by atoms with Crippen LogP contribution in [0.5, 0.6) is 6.01 Å². The minimum atomic E-state index is -4.73. The number of guanidine groups is 1. The largest absolute Gasteiger partial charge is 0.466 e. The third kappa shape index (κ3) is 10.4. The molecule has 1 aliphatic carbocycles. The molecule has 3 aromatic rings. The topological polar surface area (TPSA) is 235 Å². The van der Waals surface area contributed by atoms with Crippen LogP contribution < -0.4 is 42.8 Å². The van der Waals surface area contributed by atoms with E-state index >= 15 is 0 Å². The fraction of sp³-hybridized carbons (Fsp3) is 0.345. The molecule has 1 atom stereocenters. The summed E-state index contributed by atoms with van der Waals surface area (Å²) in [5, 5.41) is 18.9. The van der Waals surface area contributed by atoms with E-state index < -0.39 is 53.4 Å². The second kappa shape index (κ2) is 15.5. The summed E-state index contributed by atoms with van der Waals surface area (Å²) in [5.41, 5.74) is 11.2. The zero-order valence-electron chi connectivity index (χ0n) is 27.1. The summed E-state index contributed by atoms with van der Waals surface area (Å²) in [6.45, 7) is -0.157. The highest BCUT2D eigenvalue weighted by molar-refractivity contribution is 6.40. The Morgan fingerprint density at radius 3 is 2.20 bits per heavy atom. The Kier molecular flexibility index (Phi) is 11.7. The van der Waals surface area contributed by atoms with Crippen LogP contribution in [0.2, 0.25) is 5.02 Å². The van der Waals surface area contributed by atoms with Crippen molar-refractivity contribution in [2.75, 3.05) is 23.7 Å². The van der Waals surface area contributed by atoms with Gasteiger partial charge in [0.05, 0.1) is 12.1 Å². The Morgan fingerprint density at radius 2 is 1.62 bits per heavy atom. The number of hydrogen-bond acceptors (Lipinski definition) is 10. The van der Waals surface area contributed by atoms with Crippen molar-refractivity contribution in [3.8, 4) is 6.01 Å². The van der Waals surface area contributed by atoms with Crippen LogP contribution in [0.15, 0.2) is 48.5 Å². The van der Waals surface area contributed by atoms with E-state index in [0.29, 0.717) is 30.0 Å². The molecule has 1 fully saturated rings. The second-order valence-corrected chi connectivity index (χ2v) is 12.4. The van der Waals surface area contributed by atoms with Crippen LogP contribution in [0.3, 0.4) is 0 Å². The maximum Gasteiger partial charge on any atom is 0.411 e. The van der Waals surface area contributed by atoms with Crippen LogP contribution in [0.4, 0.5) is 30.8 Å². The number of nitrogens with two attached hydrogens (primary N) is 2. The Bertz CT molecular complexity index is 1710. The van der Waals surface area contributed by atoms with Crippen LogP contribution >= 0.6 is 11.6 Å². The van der Waals surface area contributed by atoms with Gasteiger partial charge in [0.2, 0.25) is 23.7 Å². The Hall–Kier alpha value is -5.26. The molecule has 21 heteroatoms. The number of carbonyl (C=O) groups excluding carboxylic acids is 3. The monoisotopic (exact) mass is 715 g/mol. The fourth-order valence-corrected chi connectivity index (χ4v) is 4.69. The fourth-order valence-electron chi connectivity index (χ4n) is 4.56. The summed E-state index contributed by atoms with van der Waals surface area (Å²) in [4.78, 5) is 49.4. The molecule has 1 heterocycles. The molecule has 0 unspecified atom stereocenters. The van der Waals surface area contributed by atoms with Gasteiger partial charge in [-0.3, -0.25) is 19.8 Å². The van der Waals surface area contributed by atoms with Gasteiger partial charge in [0, 0.05) is 22.8 Å². The molecule has 0 bridgehead atoms. The first-order chi connectivity index (χ1) is 23.5. The van der Waals surface area contributed by atoms with Gasteiger partial charge >= 0.3 is 12.2 Å². The van der Waals surface area contributed by atoms with Gasteiger partial charge in [-0.15, -0.1) is 0 Å². The van der Waals surface area contributed by atoms with Crippen molar-refractivity contribution in [1.29, 1.82) is 5.41 Å². The van der Waals surface area contributed by atoms with Gasteiger partial charge in [0.25, 0.3) is 5.91 Å². The number of nitrogens with zero attached hydrogens (tertiary/aromatic N) is 3. The number of hydrogen-bond donors (Lipinski definition) is 8. The van der Waals surface area contributed by atoms with E-state index in [2.05, 4.69) is 41.5 Å². The Morgan fingerprint density at radius 1 is 0.980 bits per heavy atom. The van der Waals surface area contributed by atoms with E-state index in [1.165, 1.54) is 24.3 Å². The number of rotatable bonds is 16. The normalized spacial score (nSPS) is 14.1. The lowest BCUT2D eigenvalue weighted by Crippen LogP contribution is -2.52. The SMILES string of the molecule is BC(B)(Oc1nc(Nc2ccc(C(=O)N[C@@H](CCCNC(=N)N)C(=O)NCC(N)=O)cc2)nc(NC2(c3ccc(Cl)cc3)CC2)n1)C(F)(F)F. The van der Waals surface area contributed by atoms with Crippen LogP contribution in [-0.4, -0.2) is 85.0 Å². The number of primary amides is 1. The number of nitrogens with one attached hydrogen (secondary N) is 6. The van der Waals surface area contributed by atoms with E-state index in [-0.39, 0.29) is 36.4 Å². The molecule has 0 spiro atoms. The minimum Gasteiger partial charge on any atom is -0.466 e. The van der Waals surface area contributed by atoms with Gasteiger partial charge in [0.1, 0.15) is 11.4 Å². The molecule has 0 aliphatic heterocycles. The second-order valence-electron chi connectivity index (χ2n) is 12.0. The van der Waals surface area contributed by atoms with Crippen molar-refractivity contribution < 1.29 is 32.3 Å². The van der Waals surface area contributed by atoms with Crippen molar-refractivity contribution in [1.82, 2.24) is 30.9 Å².